The summed E-state index contributed by atoms with van der Waals surface area (Å²) in [5.41, 5.74) is 4.76. The van der Waals surface area contributed by atoms with Crippen molar-refractivity contribution in [3.8, 4) is 0 Å². The topological polar surface area (TPSA) is 68.2 Å². The van der Waals surface area contributed by atoms with Gasteiger partial charge in [0.25, 0.3) is 0 Å². The van der Waals surface area contributed by atoms with Crippen molar-refractivity contribution in [2.24, 2.45) is 10.8 Å². The molecule has 0 amide bonds. The first-order valence-electron chi connectivity index (χ1n) is 7.33. The molecule has 2 rings (SSSR count). The highest BCUT2D eigenvalue weighted by atomic mass is 15.3. The van der Waals surface area contributed by atoms with Crippen LogP contribution in [-0.2, 0) is 6.54 Å². The lowest BCUT2D eigenvalue weighted by Crippen LogP contribution is -2.34. The lowest BCUT2D eigenvalue weighted by molar-refractivity contribution is 0.580. The molecule has 1 aliphatic rings. The molecule has 1 aromatic heterocycles. The van der Waals surface area contributed by atoms with Gasteiger partial charge in [0.05, 0.1) is 11.7 Å². The fourth-order valence-electron chi connectivity index (χ4n) is 2.72. The number of hydrogen-bond donors (Lipinski definition) is 2. The number of nitrogens with two attached hydrogens (primary N) is 1. The van der Waals surface area contributed by atoms with E-state index in [4.69, 9.17) is 10.8 Å². The number of hydrazine groups is 1. The van der Waals surface area contributed by atoms with Gasteiger partial charge in [-0.05, 0) is 32.8 Å². The van der Waals surface area contributed by atoms with Crippen LogP contribution in [0.5, 0.6) is 0 Å². The summed E-state index contributed by atoms with van der Waals surface area (Å²) in [7, 11) is 0. The third-order valence-corrected chi connectivity index (χ3v) is 3.72. The minimum Gasteiger partial charge on any atom is -0.307 e. The molecule has 0 bridgehead atoms. The van der Waals surface area contributed by atoms with Crippen LogP contribution in [0, 0.1) is 6.92 Å². The maximum atomic E-state index is 5.67. The van der Waals surface area contributed by atoms with Crippen LogP contribution >= 0.6 is 0 Å². The first-order chi connectivity index (χ1) is 9.24. The van der Waals surface area contributed by atoms with E-state index in [2.05, 4.69) is 17.4 Å². The Bertz CT molecular complexity index is 427. The van der Waals surface area contributed by atoms with Crippen LogP contribution in [0.3, 0.4) is 0 Å². The molecule has 106 valence electrons. The van der Waals surface area contributed by atoms with E-state index in [-0.39, 0.29) is 0 Å². The third kappa shape index (κ3) is 3.56. The summed E-state index contributed by atoms with van der Waals surface area (Å²) in [4.78, 5) is 4.83. The Morgan fingerprint density at radius 1 is 1.42 bits per heavy atom. The molecule has 5 heteroatoms. The van der Waals surface area contributed by atoms with Gasteiger partial charge in [-0.25, -0.2) is 5.84 Å². The Balaban J connectivity index is 2.21. The van der Waals surface area contributed by atoms with Gasteiger partial charge in [-0.15, -0.1) is 0 Å². The summed E-state index contributed by atoms with van der Waals surface area (Å²) in [5, 5.41) is 4.45. The number of aryl methyl sites for hydroxylation is 2. The van der Waals surface area contributed by atoms with Crippen molar-refractivity contribution in [3.63, 3.8) is 0 Å². The molecule has 3 N–H and O–H groups in total. The van der Waals surface area contributed by atoms with E-state index in [0.717, 1.165) is 23.8 Å². The van der Waals surface area contributed by atoms with Crippen LogP contribution in [0.25, 0.3) is 0 Å². The Labute approximate surface area is 115 Å². The molecule has 0 atom stereocenters. The maximum absolute atomic E-state index is 5.67. The smallest absolute Gasteiger partial charge is 0.161 e. The first-order valence-corrected chi connectivity index (χ1v) is 7.33. The zero-order chi connectivity index (χ0) is 13.7. The Hall–Kier alpha value is -1.36. The third-order valence-electron chi connectivity index (χ3n) is 3.72. The Kier molecular flexibility index (Phi) is 4.96. The van der Waals surface area contributed by atoms with Crippen LogP contribution < -0.4 is 11.3 Å². The summed E-state index contributed by atoms with van der Waals surface area (Å²) in [6.45, 7) is 4.90. The van der Waals surface area contributed by atoms with E-state index in [1.54, 1.807) is 0 Å². The van der Waals surface area contributed by atoms with Gasteiger partial charge in [0, 0.05) is 6.54 Å². The fraction of sp³-hybridized carbons (Fsp3) is 0.714. The summed E-state index contributed by atoms with van der Waals surface area (Å²) in [5.74, 6) is 6.44. The van der Waals surface area contributed by atoms with Crippen molar-refractivity contribution >= 4 is 5.84 Å². The molecule has 1 aromatic rings. The van der Waals surface area contributed by atoms with Crippen LogP contribution in [0.4, 0.5) is 0 Å². The molecular formula is C14H25N5. The molecule has 1 saturated carbocycles. The molecule has 0 radical (unpaired) electrons. The quantitative estimate of drug-likeness (QED) is 0.289. The fourth-order valence-corrected chi connectivity index (χ4v) is 2.72. The van der Waals surface area contributed by atoms with E-state index in [0.29, 0.717) is 6.04 Å². The second-order valence-electron chi connectivity index (χ2n) is 5.25. The van der Waals surface area contributed by atoms with E-state index < -0.39 is 0 Å². The molecule has 0 aromatic carbocycles. The average Bonchev–Trinajstić information content (AvgIpc) is 2.63. The highest BCUT2D eigenvalue weighted by molar-refractivity contribution is 5.97. The predicted molar refractivity (Wildman–Crippen MR) is 78.0 cm³/mol. The average molecular weight is 263 g/mol. The van der Waals surface area contributed by atoms with Crippen molar-refractivity contribution in [1.29, 1.82) is 0 Å². The minimum atomic E-state index is 0.397. The molecular weight excluding hydrogens is 238 g/mol. The number of aromatic nitrogens is 2. The van der Waals surface area contributed by atoms with E-state index in [9.17, 15) is 0 Å². The summed E-state index contributed by atoms with van der Waals surface area (Å²) in [6.07, 6.45) is 7.57. The number of hydrogen-bond acceptors (Lipinski definition) is 3. The second kappa shape index (κ2) is 6.70. The van der Waals surface area contributed by atoms with E-state index >= 15 is 0 Å². The van der Waals surface area contributed by atoms with Crippen LogP contribution in [0.15, 0.2) is 11.1 Å². The van der Waals surface area contributed by atoms with Gasteiger partial charge < -0.3 is 5.43 Å². The second-order valence-corrected chi connectivity index (χ2v) is 5.25. The summed E-state index contributed by atoms with van der Waals surface area (Å²) in [6, 6.07) is 2.44. The maximum Gasteiger partial charge on any atom is 0.161 e. The molecule has 19 heavy (non-hydrogen) atoms. The predicted octanol–water partition coefficient (Wildman–Crippen LogP) is 2.14. The van der Waals surface area contributed by atoms with Crippen molar-refractivity contribution in [2.75, 3.05) is 0 Å². The van der Waals surface area contributed by atoms with Gasteiger partial charge >= 0.3 is 0 Å². The van der Waals surface area contributed by atoms with Gasteiger partial charge in [0.1, 0.15) is 5.69 Å². The van der Waals surface area contributed by atoms with E-state index in [1.165, 1.54) is 38.5 Å². The number of rotatable bonds is 3. The Morgan fingerprint density at radius 3 is 2.68 bits per heavy atom. The van der Waals surface area contributed by atoms with Crippen LogP contribution in [0.1, 0.15) is 56.8 Å². The van der Waals surface area contributed by atoms with Gasteiger partial charge in [-0.2, -0.15) is 5.10 Å². The zero-order valence-electron chi connectivity index (χ0n) is 12.0. The lowest BCUT2D eigenvalue weighted by Gasteiger charge is -2.13. The lowest BCUT2D eigenvalue weighted by atomic mass is 10.1. The molecule has 0 unspecified atom stereocenters. The molecule has 0 spiro atoms. The number of aliphatic imine (C=N–C) groups is 1. The normalized spacial score (nSPS) is 18.4. The number of amidine groups is 1. The highest BCUT2D eigenvalue weighted by Crippen LogP contribution is 2.20. The monoisotopic (exact) mass is 263 g/mol. The largest absolute Gasteiger partial charge is 0.307 e. The number of nitrogens with zero attached hydrogens (tertiary/aromatic N) is 3. The number of nitrogens with one attached hydrogen (secondary N) is 1. The van der Waals surface area contributed by atoms with Crippen molar-refractivity contribution in [1.82, 2.24) is 15.2 Å². The standard InChI is InChI=1S/C14H25N5/c1-3-19-13(10-11(2)18-19)14(17-15)16-12-8-6-4-5-7-9-12/h10,12H,3-9,15H2,1-2H3,(H,16,17). The molecule has 1 aliphatic carbocycles. The SMILES string of the molecule is CCn1nc(C)cc1C(=NC1CCCCCC1)NN. The zero-order valence-corrected chi connectivity index (χ0v) is 12.0. The van der Waals surface area contributed by atoms with Crippen molar-refractivity contribution in [2.45, 2.75) is 65.0 Å². The molecule has 0 saturated heterocycles. The van der Waals surface area contributed by atoms with Gasteiger partial charge in [0.15, 0.2) is 5.84 Å². The first kappa shape index (κ1) is 14.1. The molecule has 0 aliphatic heterocycles. The van der Waals surface area contributed by atoms with Crippen LogP contribution in [0.2, 0.25) is 0 Å². The summed E-state index contributed by atoms with van der Waals surface area (Å²) < 4.78 is 1.95. The molecule has 1 fully saturated rings. The van der Waals surface area contributed by atoms with Gasteiger partial charge in [-0.1, -0.05) is 25.7 Å². The van der Waals surface area contributed by atoms with E-state index in [1.807, 2.05) is 17.7 Å². The van der Waals surface area contributed by atoms with Gasteiger partial charge in [0.2, 0.25) is 0 Å². The van der Waals surface area contributed by atoms with Gasteiger partial charge in [-0.3, -0.25) is 9.67 Å². The minimum absolute atomic E-state index is 0.397. The highest BCUT2D eigenvalue weighted by Gasteiger charge is 2.15. The Morgan fingerprint density at radius 2 is 2.11 bits per heavy atom. The molecule has 1 heterocycles. The van der Waals surface area contributed by atoms with Crippen molar-refractivity contribution < 1.29 is 0 Å². The van der Waals surface area contributed by atoms with Crippen molar-refractivity contribution in [3.05, 3.63) is 17.5 Å². The summed E-state index contributed by atoms with van der Waals surface area (Å²) >= 11 is 0. The van der Waals surface area contributed by atoms with Crippen LogP contribution in [-0.4, -0.2) is 21.7 Å². The molecule has 5 nitrogen and oxygen atoms in total.